The summed E-state index contributed by atoms with van der Waals surface area (Å²) >= 11 is 0. The maximum Gasteiger partial charge on any atom is 0.433 e. The van der Waals surface area contributed by atoms with Gasteiger partial charge >= 0.3 is 6.18 Å². The van der Waals surface area contributed by atoms with Crippen LogP contribution in [0.4, 0.5) is 13.2 Å². The number of benzene rings is 2. The van der Waals surface area contributed by atoms with E-state index in [2.05, 4.69) is 10.3 Å². The standard InChI is InChI=1S/C24H24F3N3O3S/c1-15-4-3-5-18(12-15)22-19(10-11-20(30-22)24(25,26)27)14-29-21(31)13-16-6-8-17(9-7-16)23(28)34(2,32)33/h3-12,23H,13-14,28H2,1-2H3,(H,29,31). The van der Waals surface area contributed by atoms with Crippen molar-refractivity contribution in [3.8, 4) is 11.3 Å². The van der Waals surface area contributed by atoms with Crippen molar-refractivity contribution in [2.75, 3.05) is 6.26 Å². The minimum Gasteiger partial charge on any atom is -0.352 e. The lowest BCUT2D eigenvalue weighted by Gasteiger charge is -2.14. The molecule has 10 heteroatoms. The van der Waals surface area contributed by atoms with Gasteiger partial charge < -0.3 is 11.1 Å². The number of carbonyl (C=O) groups is 1. The minimum atomic E-state index is -4.59. The third-order valence-corrected chi connectivity index (χ3v) is 6.37. The van der Waals surface area contributed by atoms with Crippen LogP contribution in [-0.2, 0) is 33.8 Å². The van der Waals surface area contributed by atoms with Gasteiger partial charge in [0, 0.05) is 18.4 Å². The third kappa shape index (κ3) is 6.42. The summed E-state index contributed by atoms with van der Waals surface area (Å²) in [7, 11) is -3.45. The molecule has 0 bridgehead atoms. The molecule has 0 aliphatic carbocycles. The smallest absolute Gasteiger partial charge is 0.352 e. The predicted octanol–water partition coefficient (Wildman–Crippen LogP) is 3.94. The van der Waals surface area contributed by atoms with Crippen LogP contribution in [-0.4, -0.2) is 25.6 Å². The van der Waals surface area contributed by atoms with Crippen molar-refractivity contribution in [1.82, 2.24) is 10.3 Å². The number of nitrogens with two attached hydrogens (primary N) is 1. The van der Waals surface area contributed by atoms with Crippen LogP contribution in [0.15, 0.2) is 60.7 Å². The normalized spacial score (nSPS) is 12.9. The second kappa shape index (κ2) is 9.94. The Morgan fingerprint density at radius 3 is 2.35 bits per heavy atom. The molecule has 0 radical (unpaired) electrons. The number of aromatic nitrogens is 1. The maximum absolute atomic E-state index is 13.2. The Bertz CT molecular complexity index is 1290. The van der Waals surface area contributed by atoms with E-state index in [4.69, 9.17) is 5.73 Å². The van der Waals surface area contributed by atoms with Crippen LogP contribution in [0.25, 0.3) is 11.3 Å². The molecule has 3 N–H and O–H groups in total. The summed E-state index contributed by atoms with van der Waals surface area (Å²) in [5, 5.41) is 1.56. The fourth-order valence-corrected chi connectivity index (χ4v) is 4.00. The minimum absolute atomic E-state index is 0.00222. The number of halogens is 3. The number of aryl methyl sites for hydroxylation is 1. The van der Waals surface area contributed by atoms with Crippen LogP contribution in [0.3, 0.4) is 0 Å². The molecule has 1 aromatic heterocycles. The van der Waals surface area contributed by atoms with E-state index >= 15 is 0 Å². The summed E-state index contributed by atoms with van der Waals surface area (Å²) in [6.07, 6.45) is -3.55. The first-order valence-corrected chi connectivity index (χ1v) is 12.2. The van der Waals surface area contributed by atoms with Gasteiger partial charge in [0.2, 0.25) is 5.91 Å². The lowest BCUT2D eigenvalue weighted by atomic mass is 10.0. The number of alkyl halides is 3. The molecule has 0 aliphatic rings. The van der Waals surface area contributed by atoms with Gasteiger partial charge in [0.1, 0.15) is 11.1 Å². The van der Waals surface area contributed by atoms with Crippen molar-refractivity contribution in [3.63, 3.8) is 0 Å². The third-order valence-electron chi connectivity index (χ3n) is 5.17. The fourth-order valence-electron chi connectivity index (χ4n) is 3.34. The molecule has 0 spiro atoms. The highest BCUT2D eigenvalue weighted by Crippen LogP contribution is 2.31. The first kappa shape index (κ1) is 25.4. The highest BCUT2D eigenvalue weighted by Gasteiger charge is 2.33. The zero-order valence-electron chi connectivity index (χ0n) is 18.6. The monoisotopic (exact) mass is 491 g/mol. The summed E-state index contributed by atoms with van der Waals surface area (Å²) in [4.78, 5) is 16.3. The van der Waals surface area contributed by atoms with Crippen molar-refractivity contribution >= 4 is 15.7 Å². The van der Waals surface area contributed by atoms with E-state index < -0.39 is 27.1 Å². The maximum atomic E-state index is 13.2. The van der Waals surface area contributed by atoms with Gasteiger partial charge in [-0.3, -0.25) is 4.79 Å². The van der Waals surface area contributed by atoms with Crippen LogP contribution in [0.2, 0.25) is 0 Å². The summed E-state index contributed by atoms with van der Waals surface area (Å²) < 4.78 is 62.8. The van der Waals surface area contributed by atoms with Gasteiger partial charge in [-0.15, -0.1) is 0 Å². The molecule has 1 unspecified atom stereocenters. The Morgan fingerprint density at radius 2 is 1.76 bits per heavy atom. The quantitative estimate of drug-likeness (QED) is 0.521. The van der Waals surface area contributed by atoms with Crippen LogP contribution in [0.1, 0.15) is 33.3 Å². The van der Waals surface area contributed by atoms with Crippen LogP contribution in [0.5, 0.6) is 0 Å². The Hall–Kier alpha value is -3.24. The lowest BCUT2D eigenvalue weighted by Crippen LogP contribution is -2.25. The van der Waals surface area contributed by atoms with E-state index in [9.17, 15) is 26.4 Å². The average Bonchev–Trinajstić information content (AvgIpc) is 2.76. The van der Waals surface area contributed by atoms with Gasteiger partial charge in [-0.1, -0.05) is 54.1 Å². The van der Waals surface area contributed by atoms with E-state index in [1.54, 1.807) is 42.5 Å². The van der Waals surface area contributed by atoms with Crippen molar-refractivity contribution in [2.45, 2.75) is 31.4 Å². The number of sulfone groups is 1. The zero-order valence-corrected chi connectivity index (χ0v) is 19.4. The van der Waals surface area contributed by atoms with Gasteiger partial charge in [-0.25, -0.2) is 13.4 Å². The lowest BCUT2D eigenvalue weighted by molar-refractivity contribution is -0.141. The number of amides is 1. The molecular weight excluding hydrogens is 467 g/mol. The van der Waals surface area contributed by atoms with Gasteiger partial charge in [-0.05, 0) is 35.7 Å². The molecule has 3 rings (SSSR count). The van der Waals surface area contributed by atoms with Crippen molar-refractivity contribution in [2.24, 2.45) is 5.73 Å². The number of rotatable bonds is 7. The summed E-state index contributed by atoms with van der Waals surface area (Å²) in [6, 6.07) is 15.5. The molecule has 2 aromatic carbocycles. The molecule has 0 aliphatic heterocycles. The van der Waals surface area contributed by atoms with Gasteiger partial charge in [0.05, 0.1) is 12.1 Å². The number of nitrogens with zero attached hydrogens (tertiary/aromatic N) is 1. The molecule has 0 saturated carbocycles. The first-order chi connectivity index (χ1) is 15.8. The first-order valence-electron chi connectivity index (χ1n) is 10.3. The largest absolute Gasteiger partial charge is 0.433 e. The molecule has 6 nitrogen and oxygen atoms in total. The molecule has 0 fully saturated rings. The van der Waals surface area contributed by atoms with Crippen molar-refractivity contribution in [1.29, 1.82) is 0 Å². The Labute approximate surface area is 195 Å². The summed E-state index contributed by atoms with van der Waals surface area (Å²) in [5.41, 5.74) is 7.72. The van der Waals surface area contributed by atoms with E-state index in [0.717, 1.165) is 17.9 Å². The molecule has 180 valence electrons. The zero-order chi connectivity index (χ0) is 25.1. The summed E-state index contributed by atoms with van der Waals surface area (Å²) in [5.74, 6) is -0.352. The average molecular weight is 492 g/mol. The fraction of sp³-hybridized carbons (Fsp3) is 0.250. The SMILES string of the molecule is Cc1cccc(-c2nc(C(F)(F)F)ccc2CNC(=O)Cc2ccc(C(N)S(C)(=O)=O)cc2)c1. The van der Waals surface area contributed by atoms with Gasteiger partial charge in [0.15, 0.2) is 9.84 Å². The molecule has 1 heterocycles. The number of pyridine rings is 1. The second-order valence-electron chi connectivity index (χ2n) is 8.02. The number of hydrogen-bond acceptors (Lipinski definition) is 5. The number of hydrogen-bond donors (Lipinski definition) is 2. The van der Waals surface area contributed by atoms with E-state index in [1.165, 1.54) is 6.07 Å². The number of nitrogens with one attached hydrogen (secondary N) is 1. The number of carbonyl (C=O) groups excluding carboxylic acids is 1. The molecule has 1 atom stereocenters. The Kier molecular flexibility index (Phi) is 7.42. The second-order valence-corrected chi connectivity index (χ2v) is 10.2. The molecule has 1 amide bonds. The van der Waals surface area contributed by atoms with Crippen LogP contribution >= 0.6 is 0 Å². The Morgan fingerprint density at radius 1 is 1.09 bits per heavy atom. The van der Waals surface area contributed by atoms with E-state index in [-0.39, 0.29) is 24.6 Å². The molecule has 3 aromatic rings. The van der Waals surface area contributed by atoms with Crippen LogP contribution < -0.4 is 11.1 Å². The molecular formula is C24H24F3N3O3S. The van der Waals surface area contributed by atoms with Gasteiger partial charge in [0.25, 0.3) is 0 Å². The highest BCUT2D eigenvalue weighted by atomic mass is 32.2. The Balaban J connectivity index is 1.75. The highest BCUT2D eigenvalue weighted by molar-refractivity contribution is 7.90. The van der Waals surface area contributed by atoms with E-state index in [1.807, 2.05) is 13.0 Å². The van der Waals surface area contributed by atoms with E-state index in [0.29, 0.717) is 22.3 Å². The predicted molar refractivity (Wildman–Crippen MR) is 123 cm³/mol. The summed E-state index contributed by atoms with van der Waals surface area (Å²) in [6.45, 7) is 1.82. The van der Waals surface area contributed by atoms with Gasteiger partial charge in [-0.2, -0.15) is 13.2 Å². The molecule has 0 saturated heterocycles. The van der Waals surface area contributed by atoms with Crippen molar-refractivity contribution in [3.05, 3.63) is 88.6 Å². The topological polar surface area (TPSA) is 102 Å². The van der Waals surface area contributed by atoms with Crippen LogP contribution in [0, 0.1) is 6.92 Å². The molecule has 34 heavy (non-hydrogen) atoms. The van der Waals surface area contributed by atoms with Crippen molar-refractivity contribution < 1.29 is 26.4 Å².